The molecule has 0 spiro atoms. The fourth-order valence-corrected chi connectivity index (χ4v) is 2.46. The van der Waals surface area contributed by atoms with Gasteiger partial charge in [-0.05, 0) is 24.5 Å². The Morgan fingerprint density at radius 2 is 2.00 bits per heavy atom. The van der Waals surface area contributed by atoms with E-state index in [9.17, 15) is 14.7 Å². The number of rotatable bonds is 9. The molecule has 0 heterocycles. The number of nitrogens with one attached hydrogen (secondary N) is 1. The van der Waals surface area contributed by atoms with Gasteiger partial charge in [-0.2, -0.15) is 0 Å². The molecule has 22 heavy (non-hydrogen) atoms. The van der Waals surface area contributed by atoms with Crippen LogP contribution in [0.25, 0.3) is 0 Å². The van der Waals surface area contributed by atoms with Crippen LogP contribution in [0.4, 0.5) is 5.69 Å². The second kappa shape index (κ2) is 9.07. The number of carbonyl (C=O) groups excluding carboxylic acids is 1. The zero-order valence-electron chi connectivity index (χ0n) is 13.5. The van der Waals surface area contributed by atoms with Crippen LogP contribution >= 0.6 is 0 Å². The van der Waals surface area contributed by atoms with Crippen LogP contribution in [0.1, 0.15) is 39.5 Å². The predicted octanol–water partition coefficient (Wildman–Crippen LogP) is 3.55. The molecule has 5 nitrogen and oxygen atoms in total. The highest BCUT2D eigenvalue weighted by molar-refractivity contribution is 5.92. The van der Waals surface area contributed by atoms with Gasteiger partial charge in [-0.1, -0.05) is 38.8 Å². The first-order valence-electron chi connectivity index (χ1n) is 7.65. The largest absolute Gasteiger partial charge is 0.495 e. The zero-order valence-corrected chi connectivity index (χ0v) is 13.5. The van der Waals surface area contributed by atoms with Crippen molar-refractivity contribution in [2.75, 3.05) is 12.4 Å². The molecule has 0 fully saturated rings. The summed E-state index contributed by atoms with van der Waals surface area (Å²) in [5.41, 5.74) is 0.600. The molecular weight excluding hydrogens is 282 g/mol. The molecule has 1 amide bonds. The molecule has 0 radical (unpaired) electrons. The maximum atomic E-state index is 12.1. The zero-order chi connectivity index (χ0) is 16.5. The number of anilines is 1. The molecule has 5 heteroatoms. The number of hydrogen-bond acceptors (Lipinski definition) is 3. The number of benzene rings is 1. The highest BCUT2D eigenvalue weighted by atomic mass is 16.5. The van der Waals surface area contributed by atoms with Crippen LogP contribution in [0.5, 0.6) is 5.75 Å². The van der Waals surface area contributed by atoms with Crippen LogP contribution in [0.15, 0.2) is 24.3 Å². The minimum Gasteiger partial charge on any atom is -0.495 e. The summed E-state index contributed by atoms with van der Waals surface area (Å²) in [5, 5.41) is 12.1. The Labute approximate surface area is 131 Å². The predicted molar refractivity (Wildman–Crippen MR) is 86.1 cm³/mol. The normalized spacial score (nSPS) is 13.2. The van der Waals surface area contributed by atoms with Crippen molar-refractivity contribution < 1.29 is 19.4 Å². The van der Waals surface area contributed by atoms with Gasteiger partial charge in [-0.15, -0.1) is 0 Å². The summed E-state index contributed by atoms with van der Waals surface area (Å²) in [6.07, 6.45) is 2.59. The average Bonchev–Trinajstić information content (AvgIpc) is 2.47. The van der Waals surface area contributed by atoms with Crippen molar-refractivity contribution in [2.24, 2.45) is 11.8 Å². The summed E-state index contributed by atoms with van der Waals surface area (Å²) in [7, 11) is 1.54. The maximum Gasteiger partial charge on any atom is 0.306 e. The fraction of sp³-hybridized carbons (Fsp3) is 0.529. The number of para-hydroxylation sites is 2. The molecule has 0 aliphatic carbocycles. The van der Waals surface area contributed by atoms with Gasteiger partial charge in [0, 0.05) is 6.42 Å². The Morgan fingerprint density at radius 1 is 1.32 bits per heavy atom. The Bertz CT molecular complexity index is 501. The molecule has 2 N–H and O–H groups in total. The van der Waals surface area contributed by atoms with E-state index in [0.717, 1.165) is 12.8 Å². The molecule has 0 bridgehead atoms. The van der Waals surface area contributed by atoms with E-state index in [1.165, 1.54) is 0 Å². The number of ether oxygens (including phenoxy) is 1. The molecule has 0 saturated heterocycles. The van der Waals surface area contributed by atoms with Crippen LogP contribution in [0, 0.1) is 11.8 Å². The third kappa shape index (κ3) is 5.39. The molecule has 0 unspecified atom stereocenters. The maximum absolute atomic E-state index is 12.1. The van der Waals surface area contributed by atoms with Gasteiger partial charge in [0.2, 0.25) is 5.91 Å². The summed E-state index contributed by atoms with van der Waals surface area (Å²) in [6.45, 7) is 3.84. The lowest BCUT2D eigenvalue weighted by molar-refractivity contribution is -0.144. The van der Waals surface area contributed by atoms with E-state index < -0.39 is 11.9 Å². The second-order valence-corrected chi connectivity index (χ2v) is 5.52. The SMILES string of the molecule is CCCC[C@H](C(=O)O)[C@H](C)CC(=O)Nc1ccccc1OC. The van der Waals surface area contributed by atoms with Gasteiger partial charge in [0.05, 0.1) is 18.7 Å². The minimum atomic E-state index is -0.828. The summed E-state index contributed by atoms with van der Waals surface area (Å²) < 4.78 is 5.18. The van der Waals surface area contributed by atoms with Gasteiger partial charge in [-0.25, -0.2) is 0 Å². The van der Waals surface area contributed by atoms with E-state index in [1.807, 2.05) is 26.0 Å². The van der Waals surface area contributed by atoms with E-state index >= 15 is 0 Å². The number of carbonyl (C=O) groups is 2. The van der Waals surface area contributed by atoms with E-state index in [1.54, 1.807) is 19.2 Å². The van der Waals surface area contributed by atoms with E-state index in [4.69, 9.17) is 4.74 Å². The Kier molecular flexibility index (Phi) is 7.43. The van der Waals surface area contributed by atoms with E-state index in [2.05, 4.69) is 5.32 Å². The van der Waals surface area contributed by atoms with Gasteiger partial charge >= 0.3 is 5.97 Å². The summed E-state index contributed by atoms with van der Waals surface area (Å²) >= 11 is 0. The van der Waals surface area contributed by atoms with Gasteiger partial charge in [-0.3, -0.25) is 9.59 Å². The Balaban J connectivity index is 2.64. The average molecular weight is 307 g/mol. The molecule has 0 aromatic heterocycles. The van der Waals surface area contributed by atoms with Crippen molar-refractivity contribution in [2.45, 2.75) is 39.5 Å². The Morgan fingerprint density at radius 3 is 2.59 bits per heavy atom. The lowest BCUT2D eigenvalue weighted by Crippen LogP contribution is -2.26. The van der Waals surface area contributed by atoms with Crippen molar-refractivity contribution in [1.82, 2.24) is 0 Å². The van der Waals surface area contributed by atoms with Gasteiger partial charge in [0.15, 0.2) is 0 Å². The first-order chi connectivity index (χ1) is 10.5. The quantitative estimate of drug-likeness (QED) is 0.731. The molecular formula is C17H25NO4. The number of aliphatic carboxylic acids is 1. The molecule has 0 aliphatic heterocycles. The first-order valence-corrected chi connectivity index (χ1v) is 7.65. The smallest absolute Gasteiger partial charge is 0.306 e. The molecule has 0 saturated carbocycles. The van der Waals surface area contributed by atoms with Crippen LogP contribution < -0.4 is 10.1 Å². The first kappa shape index (κ1) is 18.0. The van der Waals surface area contributed by atoms with Crippen molar-refractivity contribution in [1.29, 1.82) is 0 Å². The number of carboxylic acids is 1. The number of methoxy groups -OCH3 is 1. The summed E-state index contributed by atoms with van der Waals surface area (Å²) in [6, 6.07) is 7.15. The van der Waals surface area contributed by atoms with Gasteiger partial charge in [0.25, 0.3) is 0 Å². The molecule has 1 rings (SSSR count). The third-order valence-corrected chi connectivity index (χ3v) is 3.76. The van der Waals surface area contributed by atoms with Crippen LogP contribution in [-0.4, -0.2) is 24.1 Å². The highest BCUT2D eigenvalue weighted by Crippen LogP contribution is 2.26. The molecule has 0 aliphatic rings. The summed E-state index contributed by atoms with van der Waals surface area (Å²) in [4.78, 5) is 23.5. The lowest BCUT2D eigenvalue weighted by atomic mass is 9.87. The monoisotopic (exact) mass is 307 g/mol. The van der Waals surface area contributed by atoms with Crippen molar-refractivity contribution in [3.05, 3.63) is 24.3 Å². The van der Waals surface area contributed by atoms with E-state index in [-0.39, 0.29) is 18.2 Å². The van der Waals surface area contributed by atoms with Crippen LogP contribution in [0.3, 0.4) is 0 Å². The number of unbranched alkanes of at least 4 members (excludes halogenated alkanes) is 1. The van der Waals surface area contributed by atoms with Crippen molar-refractivity contribution in [3.63, 3.8) is 0 Å². The molecule has 1 aromatic rings. The fourth-order valence-electron chi connectivity index (χ4n) is 2.46. The lowest BCUT2D eigenvalue weighted by Gasteiger charge is -2.20. The van der Waals surface area contributed by atoms with Gasteiger partial charge in [0.1, 0.15) is 5.75 Å². The molecule has 2 atom stereocenters. The number of amides is 1. The minimum absolute atomic E-state index is 0.179. The third-order valence-electron chi connectivity index (χ3n) is 3.76. The number of carboxylic acid groups (broad SMARTS) is 1. The number of hydrogen-bond donors (Lipinski definition) is 2. The summed E-state index contributed by atoms with van der Waals surface area (Å²) in [5.74, 6) is -1.13. The van der Waals surface area contributed by atoms with Crippen LogP contribution in [-0.2, 0) is 9.59 Å². The molecule has 122 valence electrons. The van der Waals surface area contributed by atoms with Gasteiger partial charge < -0.3 is 15.2 Å². The second-order valence-electron chi connectivity index (χ2n) is 5.52. The highest BCUT2D eigenvalue weighted by Gasteiger charge is 2.26. The van der Waals surface area contributed by atoms with Crippen LogP contribution in [0.2, 0.25) is 0 Å². The molecule has 1 aromatic carbocycles. The topological polar surface area (TPSA) is 75.6 Å². The van der Waals surface area contributed by atoms with Crippen molar-refractivity contribution in [3.8, 4) is 5.75 Å². The standard InChI is InChI=1S/C17H25NO4/c1-4-5-8-13(17(20)21)12(2)11-16(19)18-14-9-6-7-10-15(14)22-3/h6-7,9-10,12-13H,4-5,8,11H2,1-3H3,(H,18,19)(H,20,21)/t12-,13+/m1/s1. The van der Waals surface area contributed by atoms with E-state index in [0.29, 0.717) is 17.9 Å². The Hall–Kier alpha value is -2.04. The van der Waals surface area contributed by atoms with Crippen molar-refractivity contribution >= 4 is 17.6 Å².